The summed E-state index contributed by atoms with van der Waals surface area (Å²) in [5.74, 6) is 3.13. The highest BCUT2D eigenvalue weighted by Gasteiger charge is 2.21. The minimum atomic E-state index is -1.33. The van der Waals surface area contributed by atoms with E-state index in [1.54, 1.807) is 0 Å². The summed E-state index contributed by atoms with van der Waals surface area (Å²) in [5, 5.41) is 10.3. The Balaban J connectivity index is 2.76. The number of hydrogen-bond donors (Lipinski definition) is 1. The minimum absolute atomic E-state index is 0.501. The summed E-state index contributed by atoms with van der Waals surface area (Å²) in [6.07, 6.45) is 0.501. The maximum absolute atomic E-state index is 10.3. The molecule has 0 fully saturated rings. The Labute approximate surface area is 99.5 Å². The molecule has 1 rings (SSSR count). The molecule has 0 saturated carbocycles. The zero-order valence-corrected chi connectivity index (χ0v) is 11.5. The largest absolute Gasteiger partial charge is 0.384 e. The van der Waals surface area contributed by atoms with Gasteiger partial charge in [0.1, 0.15) is 8.07 Å². The predicted octanol–water partition coefficient (Wildman–Crippen LogP) is 3.17. The monoisotopic (exact) mass is 232 g/mol. The highest BCUT2D eigenvalue weighted by molar-refractivity contribution is 6.83. The molecule has 0 bridgehead atoms. The quantitative estimate of drug-likeness (QED) is 0.613. The van der Waals surface area contributed by atoms with E-state index in [4.69, 9.17) is 0 Å². The molecule has 1 N–H and O–H groups in total. The molecular weight excluding hydrogens is 212 g/mol. The van der Waals surface area contributed by atoms with Crippen LogP contribution >= 0.6 is 0 Å². The van der Waals surface area contributed by atoms with Gasteiger partial charge < -0.3 is 5.11 Å². The van der Waals surface area contributed by atoms with Crippen LogP contribution in [0.2, 0.25) is 19.6 Å². The molecule has 0 saturated heterocycles. The molecule has 0 aliphatic rings. The number of rotatable bonds is 2. The van der Waals surface area contributed by atoms with Gasteiger partial charge in [0.15, 0.2) is 0 Å². The third kappa shape index (κ3) is 4.22. The molecule has 0 radical (unpaired) electrons. The molecular formula is C14H20OSi. The van der Waals surface area contributed by atoms with E-state index in [0.717, 1.165) is 5.56 Å². The Bertz CT molecular complexity index is 390. The van der Waals surface area contributed by atoms with Crippen LogP contribution in [-0.2, 0) is 5.60 Å². The van der Waals surface area contributed by atoms with E-state index < -0.39 is 13.7 Å². The van der Waals surface area contributed by atoms with Gasteiger partial charge in [0, 0.05) is 6.42 Å². The fraction of sp³-hybridized carbons (Fsp3) is 0.429. The first kappa shape index (κ1) is 13.0. The molecule has 1 aromatic rings. The van der Waals surface area contributed by atoms with Crippen molar-refractivity contribution in [3.8, 4) is 11.5 Å². The molecule has 0 unspecified atom stereocenters. The van der Waals surface area contributed by atoms with Crippen molar-refractivity contribution in [2.45, 2.75) is 38.6 Å². The smallest absolute Gasteiger partial charge is 0.129 e. The molecule has 0 spiro atoms. The summed E-state index contributed by atoms with van der Waals surface area (Å²) in [7, 11) is -1.33. The lowest BCUT2D eigenvalue weighted by Crippen LogP contribution is -2.21. The Morgan fingerprint density at radius 1 is 1.19 bits per heavy atom. The van der Waals surface area contributed by atoms with E-state index >= 15 is 0 Å². The Morgan fingerprint density at radius 3 is 2.25 bits per heavy atom. The molecule has 16 heavy (non-hydrogen) atoms. The van der Waals surface area contributed by atoms with Crippen LogP contribution in [0.4, 0.5) is 0 Å². The van der Waals surface area contributed by atoms with Gasteiger partial charge in [-0.1, -0.05) is 50.0 Å². The average molecular weight is 232 g/mol. The van der Waals surface area contributed by atoms with Crippen LogP contribution in [0.25, 0.3) is 0 Å². The Kier molecular flexibility index (Phi) is 3.96. The van der Waals surface area contributed by atoms with Crippen LogP contribution in [0.15, 0.2) is 30.3 Å². The SMILES string of the molecule is C[C@@](O)(CC#C[Si](C)(C)C)c1ccccc1. The van der Waals surface area contributed by atoms with Gasteiger partial charge in [-0.3, -0.25) is 0 Å². The van der Waals surface area contributed by atoms with Crippen molar-refractivity contribution in [2.24, 2.45) is 0 Å². The van der Waals surface area contributed by atoms with E-state index in [-0.39, 0.29) is 0 Å². The van der Waals surface area contributed by atoms with Crippen molar-refractivity contribution in [3.63, 3.8) is 0 Å². The Morgan fingerprint density at radius 2 is 1.75 bits per heavy atom. The summed E-state index contributed by atoms with van der Waals surface area (Å²) in [6, 6.07) is 9.71. The van der Waals surface area contributed by atoms with Crippen molar-refractivity contribution >= 4 is 8.07 Å². The highest BCUT2D eigenvalue weighted by Crippen LogP contribution is 2.23. The van der Waals surface area contributed by atoms with Crippen LogP contribution in [0.1, 0.15) is 18.9 Å². The molecule has 1 atom stereocenters. The molecule has 86 valence electrons. The van der Waals surface area contributed by atoms with Crippen molar-refractivity contribution in [3.05, 3.63) is 35.9 Å². The summed E-state index contributed by atoms with van der Waals surface area (Å²) in [4.78, 5) is 0. The van der Waals surface area contributed by atoms with E-state index in [2.05, 4.69) is 31.1 Å². The maximum Gasteiger partial charge on any atom is 0.129 e. The third-order valence-electron chi connectivity index (χ3n) is 2.29. The lowest BCUT2D eigenvalue weighted by Gasteiger charge is -2.21. The molecule has 2 heteroatoms. The number of hydrogen-bond acceptors (Lipinski definition) is 1. The molecule has 1 nitrogen and oxygen atoms in total. The second kappa shape index (κ2) is 4.86. The lowest BCUT2D eigenvalue weighted by atomic mass is 9.93. The average Bonchev–Trinajstić information content (AvgIpc) is 2.17. The number of aliphatic hydroxyl groups is 1. The van der Waals surface area contributed by atoms with Crippen molar-refractivity contribution in [2.75, 3.05) is 0 Å². The van der Waals surface area contributed by atoms with Gasteiger partial charge in [0.25, 0.3) is 0 Å². The van der Waals surface area contributed by atoms with Gasteiger partial charge in [-0.15, -0.1) is 11.5 Å². The fourth-order valence-electron chi connectivity index (χ4n) is 1.38. The first-order valence-corrected chi connectivity index (χ1v) is 9.09. The first-order valence-electron chi connectivity index (χ1n) is 5.59. The molecule has 0 aliphatic carbocycles. The molecule has 0 aromatic heterocycles. The first-order chi connectivity index (χ1) is 7.31. The summed E-state index contributed by atoms with van der Waals surface area (Å²) in [5.41, 5.74) is 3.37. The van der Waals surface area contributed by atoms with Crippen LogP contribution in [-0.4, -0.2) is 13.2 Å². The normalized spacial score (nSPS) is 14.8. The maximum atomic E-state index is 10.3. The van der Waals surface area contributed by atoms with Crippen molar-refractivity contribution in [1.82, 2.24) is 0 Å². The van der Waals surface area contributed by atoms with E-state index in [0.29, 0.717) is 6.42 Å². The second-order valence-electron chi connectivity index (χ2n) is 5.37. The molecule has 0 heterocycles. The third-order valence-corrected chi connectivity index (χ3v) is 3.22. The van der Waals surface area contributed by atoms with Crippen LogP contribution < -0.4 is 0 Å². The zero-order valence-electron chi connectivity index (χ0n) is 10.5. The second-order valence-corrected chi connectivity index (χ2v) is 10.1. The number of benzene rings is 1. The van der Waals surface area contributed by atoms with Crippen molar-refractivity contribution in [1.29, 1.82) is 0 Å². The standard InChI is InChI=1S/C14H20OSi/c1-14(15,11-8-12-16(2,3)4)13-9-6-5-7-10-13/h5-7,9-10,15H,11H2,1-4H3/t14-/m1/s1. The lowest BCUT2D eigenvalue weighted by molar-refractivity contribution is 0.0629. The fourth-order valence-corrected chi connectivity index (χ4v) is 2.00. The molecule has 0 amide bonds. The van der Waals surface area contributed by atoms with Gasteiger partial charge in [-0.05, 0) is 12.5 Å². The molecule has 0 aliphatic heterocycles. The van der Waals surface area contributed by atoms with Gasteiger partial charge in [-0.2, -0.15) is 0 Å². The van der Waals surface area contributed by atoms with Gasteiger partial charge in [0.2, 0.25) is 0 Å². The van der Waals surface area contributed by atoms with Gasteiger partial charge in [0.05, 0.1) is 5.60 Å². The van der Waals surface area contributed by atoms with Crippen LogP contribution in [0.3, 0.4) is 0 Å². The zero-order chi connectivity index (χ0) is 12.2. The van der Waals surface area contributed by atoms with E-state index in [1.165, 1.54) is 0 Å². The van der Waals surface area contributed by atoms with E-state index in [1.807, 2.05) is 37.3 Å². The summed E-state index contributed by atoms with van der Waals surface area (Å²) in [6.45, 7) is 8.44. The van der Waals surface area contributed by atoms with E-state index in [9.17, 15) is 5.11 Å². The van der Waals surface area contributed by atoms with Crippen molar-refractivity contribution < 1.29 is 5.11 Å². The minimum Gasteiger partial charge on any atom is -0.384 e. The van der Waals surface area contributed by atoms with Gasteiger partial charge in [-0.25, -0.2) is 0 Å². The predicted molar refractivity (Wildman–Crippen MR) is 71.8 cm³/mol. The van der Waals surface area contributed by atoms with Crippen LogP contribution in [0, 0.1) is 11.5 Å². The topological polar surface area (TPSA) is 20.2 Å². The Hall–Kier alpha value is -1.04. The van der Waals surface area contributed by atoms with Crippen LogP contribution in [0.5, 0.6) is 0 Å². The van der Waals surface area contributed by atoms with Gasteiger partial charge >= 0.3 is 0 Å². The summed E-state index contributed by atoms with van der Waals surface area (Å²) >= 11 is 0. The summed E-state index contributed by atoms with van der Waals surface area (Å²) < 4.78 is 0. The molecule has 1 aromatic carbocycles. The highest BCUT2D eigenvalue weighted by atomic mass is 28.3.